The van der Waals surface area contributed by atoms with Gasteiger partial charge in [-0.05, 0) is 85.5 Å². The monoisotopic (exact) mass is 620 g/mol. The number of anilines is 1. The van der Waals surface area contributed by atoms with Gasteiger partial charge in [-0.1, -0.05) is 72.3 Å². The molecule has 178 valence electrons. The predicted octanol–water partition coefficient (Wildman–Crippen LogP) is 8.28. The molecule has 0 radical (unpaired) electrons. The minimum atomic E-state index is -0.185. The van der Waals surface area contributed by atoms with E-state index in [4.69, 9.17) is 21.4 Å². The summed E-state index contributed by atoms with van der Waals surface area (Å²) in [5.41, 5.74) is 4.56. The Bertz CT molecular complexity index is 1450. The zero-order valence-corrected chi connectivity index (χ0v) is 22.8. The van der Waals surface area contributed by atoms with Gasteiger partial charge in [0, 0.05) is 10.6 Å². The number of rotatable bonds is 6. The van der Waals surface area contributed by atoms with Crippen molar-refractivity contribution in [3.8, 4) is 5.75 Å². The van der Waals surface area contributed by atoms with Gasteiger partial charge < -0.3 is 4.74 Å². The Kier molecular flexibility index (Phi) is 7.37. The first kappa shape index (κ1) is 24.5. The molecule has 4 aromatic carbocycles. The van der Waals surface area contributed by atoms with E-state index in [0.717, 1.165) is 25.6 Å². The Hall–Kier alpha value is -3.19. The van der Waals surface area contributed by atoms with Gasteiger partial charge >= 0.3 is 0 Å². The van der Waals surface area contributed by atoms with E-state index in [-0.39, 0.29) is 5.91 Å². The Morgan fingerprint density at radius 2 is 1.47 bits per heavy atom. The minimum Gasteiger partial charge on any atom is -0.487 e. The number of ether oxygens (including phenoxy) is 1. The third-order valence-corrected chi connectivity index (χ3v) is 6.98. The van der Waals surface area contributed by atoms with Crippen LogP contribution in [0.5, 0.6) is 5.75 Å². The molecule has 0 N–H and O–H groups in total. The highest BCUT2D eigenvalue weighted by Crippen LogP contribution is 2.37. The summed E-state index contributed by atoms with van der Waals surface area (Å²) in [4.78, 5) is 13.5. The molecule has 0 saturated carbocycles. The van der Waals surface area contributed by atoms with Gasteiger partial charge in [-0.25, -0.2) is 0 Å². The fourth-order valence-electron chi connectivity index (χ4n) is 3.80. The number of hydrazone groups is 1. The number of hydrogen-bond donors (Lipinski definition) is 0. The van der Waals surface area contributed by atoms with Crippen LogP contribution in [-0.2, 0) is 11.4 Å². The van der Waals surface area contributed by atoms with Crippen LogP contribution in [0.25, 0.3) is 6.08 Å². The molecule has 0 unspecified atom stereocenters. The Morgan fingerprint density at radius 3 is 2.11 bits per heavy atom. The van der Waals surface area contributed by atoms with Gasteiger partial charge in [0.2, 0.25) is 0 Å². The maximum absolute atomic E-state index is 13.5. The molecule has 0 saturated heterocycles. The Balaban J connectivity index is 1.47. The average Bonchev–Trinajstić information content (AvgIpc) is 3.21. The molecular weight excluding hydrogens is 604 g/mol. The van der Waals surface area contributed by atoms with Gasteiger partial charge in [-0.3, -0.25) is 4.79 Å². The van der Waals surface area contributed by atoms with Crippen molar-refractivity contribution in [3.63, 3.8) is 0 Å². The second-order valence-corrected chi connectivity index (χ2v) is 10.2. The van der Waals surface area contributed by atoms with Crippen LogP contribution in [0.3, 0.4) is 0 Å². The van der Waals surface area contributed by atoms with Gasteiger partial charge in [0.25, 0.3) is 5.91 Å². The molecule has 1 aliphatic heterocycles. The van der Waals surface area contributed by atoms with Crippen molar-refractivity contribution in [1.29, 1.82) is 0 Å². The molecule has 7 heteroatoms. The molecule has 0 bridgehead atoms. The lowest BCUT2D eigenvalue weighted by Gasteiger charge is -2.12. The van der Waals surface area contributed by atoms with Crippen LogP contribution in [0.4, 0.5) is 5.69 Å². The zero-order chi connectivity index (χ0) is 25.1. The van der Waals surface area contributed by atoms with Gasteiger partial charge in [-0.2, -0.15) is 10.1 Å². The summed E-state index contributed by atoms with van der Waals surface area (Å²) in [5.74, 6) is 0.489. The van der Waals surface area contributed by atoms with Crippen molar-refractivity contribution >= 4 is 66.8 Å². The number of halogens is 3. The van der Waals surface area contributed by atoms with E-state index in [1.165, 1.54) is 5.01 Å². The summed E-state index contributed by atoms with van der Waals surface area (Å²) in [5, 5.41) is 6.82. The molecule has 5 rings (SSSR count). The SMILES string of the molecule is O=C1/C(=C\c2cc(Br)c(OCc3ccc(Cl)cc3)c(Br)c2)C(c2ccccc2)=NN1c1ccccc1. The summed E-state index contributed by atoms with van der Waals surface area (Å²) in [6.07, 6.45) is 1.86. The van der Waals surface area contributed by atoms with Crippen LogP contribution in [0.15, 0.2) is 117 Å². The number of amides is 1. The first-order chi connectivity index (χ1) is 17.5. The number of nitrogens with zero attached hydrogens (tertiary/aromatic N) is 2. The molecule has 0 aromatic heterocycles. The third kappa shape index (κ3) is 5.31. The van der Waals surface area contributed by atoms with E-state index in [1.54, 1.807) is 0 Å². The predicted molar refractivity (Wildman–Crippen MR) is 153 cm³/mol. The second kappa shape index (κ2) is 10.8. The van der Waals surface area contributed by atoms with E-state index in [0.29, 0.717) is 34.4 Å². The molecule has 36 heavy (non-hydrogen) atoms. The second-order valence-electron chi connectivity index (χ2n) is 8.05. The van der Waals surface area contributed by atoms with Crippen LogP contribution in [0, 0.1) is 0 Å². The first-order valence-corrected chi connectivity index (χ1v) is 13.1. The first-order valence-electron chi connectivity index (χ1n) is 11.1. The summed E-state index contributed by atoms with van der Waals surface area (Å²) in [6.45, 7) is 0.393. The number of hydrogen-bond acceptors (Lipinski definition) is 3. The van der Waals surface area contributed by atoms with Crippen LogP contribution >= 0.6 is 43.5 Å². The molecular formula is C29H19Br2ClN2O2. The fraction of sp³-hybridized carbons (Fsp3) is 0.0345. The normalized spacial score (nSPS) is 14.3. The number of carbonyl (C=O) groups excluding carboxylic acids is 1. The van der Waals surface area contributed by atoms with Crippen LogP contribution in [-0.4, -0.2) is 11.6 Å². The summed E-state index contributed by atoms with van der Waals surface area (Å²) >= 11 is 13.2. The maximum atomic E-state index is 13.5. The molecule has 1 heterocycles. The van der Waals surface area contributed by atoms with Gasteiger partial charge in [0.15, 0.2) is 0 Å². The van der Waals surface area contributed by atoms with Gasteiger partial charge in [0.05, 0.1) is 20.2 Å². The third-order valence-electron chi connectivity index (χ3n) is 5.55. The molecule has 0 atom stereocenters. The Morgan fingerprint density at radius 1 is 0.861 bits per heavy atom. The van der Waals surface area contributed by atoms with Gasteiger partial charge in [0.1, 0.15) is 18.1 Å². The largest absolute Gasteiger partial charge is 0.487 e. The van der Waals surface area contributed by atoms with Crippen LogP contribution in [0.1, 0.15) is 16.7 Å². The lowest BCUT2D eigenvalue weighted by atomic mass is 10.0. The van der Waals surface area contributed by atoms with Crippen molar-refractivity contribution in [2.45, 2.75) is 6.61 Å². The van der Waals surface area contributed by atoms with Gasteiger partial charge in [-0.15, -0.1) is 0 Å². The van der Waals surface area contributed by atoms with Crippen molar-refractivity contribution < 1.29 is 9.53 Å². The van der Waals surface area contributed by atoms with E-state index in [9.17, 15) is 4.79 Å². The summed E-state index contributed by atoms with van der Waals surface area (Å²) in [6, 6.07) is 30.5. The molecule has 0 spiro atoms. The molecule has 1 amide bonds. The summed E-state index contributed by atoms with van der Waals surface area (Å²) < 4.78 is 7.58. The topological polar surface area (TPSA) is 41.9 Å². The standard InChI is InChI=1S/C29H19Br2ClN2O2/c30-25-16-20(17-26(31)28(25)36-18-19-11-13-22(32)14-12-19)15-24-27(21-7-3-1-4-8-21)33-34(29(24)35)23-9-5-2-6-10-23/h1-17H,18H2/b24-15-. The zero-order valence-electron chi connectivity index (χ0n) is 18.9. The summed E-state index contributed by atoms with van der Waals surface area (Å²) in [7, 11) is 0. The molecule has 4 nitrogen and oxygen atoms in total. The van der Waals surface area contributed by atoms with Crippen LogP contribution < -0.4 is 9.75 Å². The smallest absolute Gasteiger partial charge is 0.281 e. The average molecular weight is 623 g/mol. The number of para-hydroxylation sites is 1. The lowest BCUT2D eigenvalue weighted by Crippen LogP contribution is -2.21. The highest BCUT2D eigenvalue weighted by Gasteiger charge is 2.32. The van der Waals surface area contributed by atoms with E-state index < -0.39 is 0 Å². The van der Waals surface area contributed by atoms with Crippen molar-refractivity contribution in [1.82, 2.24) is 0 Å². The minimum absolute atomic E-state index is 0.185. The quantitative estimate of drug-likeness (QED) is 0.203. The molecule has 1 aliphatic rings. The van der Waals surface area contributed by atoms with E-state index >= 15 is 0 Å². The van der Waals surface area contributed by atoms with Crippen molar-refractivity contribution in [3.05, 3.63) is 133 Å². The van der Waals surface area contributed by atoms with Crippen molar-refractivity contribution in [2.24, 2.45) is 5.10 Å². The highest BCUT2D eigenvalue weighted by atomic mass is 79.9. The van der Waals surface area contributed by atoms with E-state index in [1.807, 2.05) is 103 Å². The number of benzene rings is 4. The number of carbonyl (C=O) groups is 1. The molecule has 0 fully saturated rings. The Labute approximate surface area is 231 Å². The fourth-order valence-corrected chi connectivity index (χ4v) is 5.38. The molecule has 0 aliphatic carbocycles. The maximum Gasteiger partial charge on any atom is 0.281 e. The molecule has 4 aromatic rings. The highest BCUT2D eigenvalue weighted by molar-refractivity contribution is 9.11. The lowest BCUT2D eigenvalue weighted by molar-refractivity contribution is -0.114. The van der Waals surface area contributed by atoms with Crippen molar-refractivity contribution in [2.75, 3.05) is 5.01 Å². The van der Waals surface area contributed by atoms with Crippen LogP contribution in [0.2, 0.25) is 5.02 Å². The van der Waals surface area contributed by atoms with E-state index in [2.05, 4.69) is 31.9 Å².